The zero-order valence-corrected chi connectivity index (χ0v) is 11.4. The maximum absolute atomic E-state index is 11.4. The second kappa shape index (κ2) is 7.43. The third-order valence-electron chi connectivity index (χ3n) is 2.03. The standard InChI is InChI=1S/C13H14ClNO4/c1-3-18-12(16)9(2)8-19-13(17)15-11-6-4-10(14)5-7-11/h4-8H,3H2,1-2H3,(H,15,17). The van der Waals surface area contributed by atoms with Crippen molar-refractivity contribution < 1.29 is 19.1 Å². The summed E-state index contributed by atoms with van der Waals surface area (Å²) in [5, 5.41) is 3.05. The molecule has 0 saturated carbocycles. The van der Waals surface area contributed by atoms with Gasteiger partial charge in [0.1, 0.15) is 6.26 Å². The molecule has 0 saturated heterocycles. The highest BCUT2D eigenvalue weighted by Crippen LogP contribution is 2.13. The van der Waals surface area contributed by atoms with Gasteiger partial charge in [-0.3, -0.25) is 5.32 Å². The number of hydrogen-bond donors (Lipinski definition) is 1. The fourth-order valence-electron chi connectivity index (χ4n) is 1.12. The predicted molar refractivity (Wildman–Crippen MR) is 71.9 cm³/mol. The summed E-state index contributed by atoms with van der Waals surface area (Å²) in [7, 11) is 0. The van der Waals surface area contributed by atoms with Crippen LogP contribution in [-0.2, 0) is 14.3 Å². The van der Waals surface area contributed by atoms with Crippen molar-refractivity contribution >= 4 is 29.4 Å². The molecular weight excluding hydrogens is 270 g/mol. The number of esters is 1. The van der Waals surface area contributed by atoms with Gasteiger partial charge in [-0.25, -0.2) is 9.59 Å². The first-order chi connectivity index (χ1) is 9.02. The van der Waals surface area contributed by atoms with Crippen molar-refractivity contribution in [2.75, 3.05) is 11.9 Å². The van der Waals surface area contributed by atoms with Crippen LogP contribution in [0.25, 0.3) is 0 Å². The topological polar surface area (TPSA) is 64.6 Å². The Morgan fingerprint density at radius 1 is 1.32 bits per heavy atom. The Kier molecular flexibility index (Phi) is 5.89. The molecule has 0 unspecified atom stereocenters. The third kappa shape index (κ3) is 5.44. The summed E-state index contributed by atoms with van der Waals surface area (Å²) >= 11 is 5.71. The summed E-state index contributed by atoms with van der Waals surface area (Å²) in [6.45, 7) is 3.45. The van der Waals surface area contributed by atoms with Gasteiger partial charge in [0, 0.05) is 10.7 Å². The third-order valence-corrected chi connectivity index (χ3v) is 2.28. The second-order valence-electron chi connectivity index (χ2n) is 3.56. The minimum Gasteiger partial charge on any atom is -0.463 e. The number of anilines is 1. The van der Waals surface area contributed by atoms with E-state index in [2.05, 4.69) is 5.32 Å². The molecule has 6 heteroatoms. The number of ether oxygens (including phenoxy) is 2. The van der Waals surface area contributed by atoms with E-state index in [-0.39, 0.29) is 12.2 Å². The number of rotatable bonds is 4. The van der Waals surface area contributed by atoms with Crippen molar-refractivity contribution in [3.05, 3.63) is 41.1 Å². The van der Waals surface area contributed by atoms with Gasteiger partial charge in [-0.2, -0.15) is 0 Å². The van der Waals surface area contributed by atoms with E-state index in [1.165, 1.54) is 6.92 Å². The van der Waals surface area contributed by atoms with Gasteiger partial charge in [-0.05, 0) is 38.1 Å². The largest absolute Gasteiger partial charge is 0.463 e. The van der Waals surface area contributed by atoms with Gasteiger partial charge in [-0.15, -0.1) is 0 Å². The molecule has 0 fully saturated rings. The SMILES string of the molecule is CCOC(=O)C(C)=COC(=O)Nc1ccc(Cl)cc1. The second-order valence-corrected chi connectivity index (χ2v) is 3.99. The number of hydrogen-bond acceptors (Lipinski definition) is 4. The zero-order valence-electron chi connectivity index (χ0n) is 10.6. The van der Waals surface area contributed by atoms with Crippen LogP contribution in [0.4, 0.5) is 10.5 Å². The Bertz CT molecular complexity index is 482. The van der Waals surface area contributed by atoms with Gasteiger partial charge in [0.15, 0.2) is 0 Å². The Balaban J connectivity index is 2.49. The highest BCUT2D eigenvalue weighted by Gasteiger charge is 2.07. The number of amides is 1. The van der Waals surface area contributed by atoms with Crippen LogP contribution in [0.5, 0.6) is 0 Å². The molecule has 0 bridgehead atoms. The molecular formula is C13H14ClNO4. The molecule has 0 spiro atoms. The van der Waals surface area contributed by atoms with E-state index >= 15 is 0 Å². The molecule has 0 radical (unpaired) electrons. The molecule has 0 aromatic heterocycles. The van der Waals surface area contributed by atoms with Crippen LogP contribution < -0.4 is 5.32 Å². The van der Waals surface area contributed by atoms with Crippen LogP contribution in [0.3, 0.4) is 0 Å². The smallest absolute Gasteiger partial charge is 0.416 e. The number of halogens is 1. The van der Waals surface area contributed by atoms with Crippen LogP contribution in [0.15, 0.2) is 36.1 Å². The van der Waals surface area contributed by atoms with Gasteiger partial charge >= 0.3 is 12.1 Å². The van der Waals surface area contributed by atoms with Crippen LogP contribution in [0, 0.1) is 0 Å². The van der Waals surface area contributed by atoms with Crippen molar-refractivity contribution in [3.63, 3.8) is 0 Å². The summed E-state index contributed by atoms with van der Waals surface area (Å²) < 4.78 is 9.49. The summed E-state index contributed by atoms with van der Waals surface area (Å²) in [4.78, 5) is 22.7. The molecule has 0 aliphatic rings. The fourth-order valence-corrected chi connectivity index (χ4v) is 1.24. The van der Waals surface area contributed by atoms with Crippen LogP contribution in [-0.4, -0.2) is 18.7 Å². The number of nitrogens with one attached hydrogen (secondary N) is 1. The lowest BCUT2D eigenvalue weighted by Gasteiger charge is -2.05. The van der Waals surface area contributed by atoms with Crippen LogP contribution in [0.2, 0.25) is 5.02 Å². The molecule has 1 aromatic rings. The quantitative estimate of drug-likeness (QED) is 0.523. The summed E-state index contributed by atoms with van der Waals surface area (Å²) in [6, 6.07) is 6.53. The average molecular weight is 284 g/mol. The van der Waals surface area contributed by atoms with Crippen molar-refractivity contribution in [3.8, 4) is 0 Å². The Morgan fingerprint density at radius 2 is 1.95 bits per heavy atom. The van der Waals surface area contributed by atoms with Gasteiger partial charge in [0.2, 0.25) is 0 Å². The van der Waals surface area contributed by atoms with Gasteiger partial charge in [-0.1, -0.05) is 11.6 Å². The zero-order chi connectivity index (χ0) is 14.3. The molecule has 5 nitrogen and oxygen atoms in total. The van der Waals surface area contributed by atoms with E-state index in [0.717, 1.165) is 6.26 Å². The first-order valence-corrected chi connectivity index (χ1v) is 5.97. The first kappa shape index (κ1) is 15.0. The molecule has 19 heavy (non-hydrogen) atoms. The van der Waals surface area contributed by atoms with Gasteiger partial charge < -0.3 is 9.47 Å². The molecule has 1 amide bonds. The molecule has 0 heterocycles. The maximum atomic E-state index is 11.4. The number of carbonyl (C=O) groups excluding carboxylic acids is 2. The Hall–Kier alpha value is -2.01. The average Bonchev–Trinajstić information content (AvgIpc) is 2.39. The number of benzene rings is 1. The maximum Gasteiger partial charge on any atom is 0.416 e. The van der Waals surface area contributed by atoms with E-state index in [1.807, 2.05) is 0 Å². The molecule has 102 valence electrons. The van der Waals surface area contributed by atoms with E-state index < -0.39 is 12.1 Å². The summed E-state index contributed by atoms with van der Waals surface area (Å²) in [5.41, 5.74) is 0.740. The van der Waals surface area contributed by atoms with Crippen LogP contribution >= 0.6 is 11.6 Å². The molecule has 0 aliphatic carbocycles. The fraction of sp³-hybridized carbons (Fsp3) is 0.231. The normalized spacial score (nSPS) is 10.8. The monoisotopic (exact) mass is 283 g/mol. The van der Waals surface area contributed by atoms with Gasteiger partial charge in [0.05, 0.1) is 12.2 Å². The molecule has 1 aromatic carbocycles. The Morgan fingerprint density at radius 3 is 2.53 bits per heavy atom. The Labute approximate surface area is 116 Å². The lowest BCUT2D eigenvalue weighted by atomic mass is 10.3. The molecule has 1 rings (SSSR count). The lowest BCUT2D eigenvalue weighted by molar-refractivity contribution is -0.138. The summed E-state index contributed by atoms with van der Waals surface area (Å²) in [5.74, 6) is -0.526. The van der Waals surface area contributed by atoms with E-state index in [9.17, 15) is 9.59 Å². The van der Waals surface area contributed by atoms with E-state index in [4.69, 9.17) is 21.1 Å². The molecule has 0 aliphatic heterocycles. The highest BCUT2D eigenvalue weighted by atomic mass is 35.5. The minimum absolute atomic E-state index is 0.202. The summed E-state index contributed by atoms with van der Waals surface area (Å²) in [6.07, 6.45) is 0.342. The van der Waals surface area contributed by atoms with E-state index in [1.54, 1.807) is 31.2 Å². The highest BCUT2D eigenvalue weighted by molar-refractivity contribution is 6.30. The van der Waals surface area contributed by atoms with Crippen molar-refractivity contribution in [1.29, 1.82) is 0 Å². The van der Waals surface area contributed by atoms with Crippen molar-refractivity contribution in [2.45, 2.75) is 13.8 Å². The predicted octanol–water partition coefficient (Wildman–Crippen LogP) is 3.36. The lowest BCUT2D eigenvalue weighted by Crippen LogP contribution is -2.12. The van der Waals surface area contributed by atoms with Gasteiger partial charge in [0.25, 0.3) is 0 Å². The van der Waals surface area contributed by atoms with E-state index in [0.29, 0.717) is 10.7 Å². The molecule has 0 atom stereocenters. The van der Waals surface area contributed by atoms with Crippen LogP contribution in [0.1, 0.15) is 13.8 Å². The van der Waals surface area contributed by atoms with Crippen molar-refractivity contribution in [1.82, 2.24) is 0 Å². The minimum atomic E-state index is -0.703. The van der Waals surface area contributed by atoms with Crippen molar-refractivity contribution in [2.24, 2.45) is 0 Å². The molecule has 1 N–H and O–H groups in total. The number of carbonyl (C=O) groups is 2. The first-order valence-electron chi connectivity index (χ1n) is 5.60.